The summed E-state index contributed by atoms with van der Waals surface area (Å²) >= 11 is 0. The molecule has 2 aliphatic heterocycles. The van der Waals surface area contributed by atoms with Crippen LogP contribution in [0.25, 0.3) is 56.5 Å². The van der Waals surface area contributed by atoms with Crippen LogP contribution in [0.1, 0.15) is 119 Å². The van der Waals surface area contributed by atoms with Crippen molar-refractivity contribution in [2.75, 3.05) is 76.3 Å². The fraction of sp³-hybridized carbons (Fsp3) is 0.403. The van der Waals surface area contributed by atoms with Gasteiger partial charge in [0.05, 0.1) is 57.4 Å². The third-order valence-electron chi connectivity index (χ3n) is 16.4. The molecule has 10 rings (SSSR count). The maximum Gasteiger partial charge on any atom is 0.333 e. The van der Waals surface area contributed by atoms with Gasteiger partial charge < -0.3 is 38.7 Å². The third-order valence-corrected chi connectivity index (χ3v) is 19.2. The number of hydrogen-bond acceptors (Lipinski definition) is 12. The fourth-order valence-corrected chi connectivity index (χ4v) is 13.1. The first kappa shape index (κ1) is 61.7. The molecule has 0 radical (unpaired) electrons. The first-order valence-corrected chi connectivity index (χ1v) is 31.3. The number of likely N-dealkylation sites (N-methyl/N-ethyl adjacent to an activating group) is 1. The van der Waals surface area contributed by atoms with E-state index in [9.17, 15) is 45.9 Å². The lowest BCUT2D eigenvalue weighted by molar-refractivity contribution is -0.132. The Morgan fingerprint density at radius 2 is 1.02 bits per heavy atom. The van der Waals surface area contributed by atoms with Crippen LogP contribution < -0.4 is 24.2 Å². The number of aromatic nitrogens is 2. The smallest absolute Gasteiger partial charge is 0.333 e. The normalized spacial score (nSPS) is 15.4. The number of aliphatic carboxylic acids is 1. The van der Waals surface area contributed by atoms with Crippen molar-refractivity contribution in [2.45, 2.75) is 89.1 Å². The summed E-state index contributed by atoms with van der Waals surface area (Å²) in [7, 11) is 3.70. The first-order valence-electron chi connectivity index (χ1n) is 28.4. The minimum atomic E-state index is -4.01. The molecule has 4 N–H and O–H groups in total. The number of rotatable bonds is 17. The van der Waals surface area contributed by atoms with E-state index in [0.717, 1.165) is 121 Å². The predicted octanol–water partition coefficient (Wildman–Crippen LogP) is 7.90. The van der Waals surface area contributed by atoms with E-state index in [0.29, 0.717) is 35.7 Å². The topological polar surface area (TPSA) is 257 Å². The SMILES string of the molecule is COCCNC(=O)CN(C)C(=O)C1=Cc2cc(OC)ccc2-c2c(C3CCCCC3)c3ccc(C(=O)NS(=O)(=O)N(C)C)cc3n2C1.COc1ccc2c(c1)C=C(C(=O)O)Cn1c-2c(C2CCCCC2)c2ccc(C(=O)NS(=O)(=O)N(C)C)cc21. The number of carbonyl (C=O) groups excluding carboxylic acids is 4. The molecule has 0 spiro atoms. The predicted molar refractivity (Wildman–Crippen MR) is 326 cm³/mol. The van der Waals surface area contributed by atoms with Crippen LogP contribution in [0.15, 0.2) is 83.9 Å². The van der Waals surface area contributed by atoms with Crippen LogP contribution >= 0.6 is 0 Å². The number of ether oxygens (including phenoxy) is 3. The van der Waals surface area contributed by atoms with Gasteiger partial charge in [0.25, 0.3) is 17.7 Å². The van der Waals surface area contributed by atoms with Crippen molar-refractivity contribution >= 4 is 84.0 Å². The van der Waals surface area contributed by atoms with Gasteiger partial charge in [0, 0.05) is 98.5 Å². The van der Waals surface area contributed by atoms with Crippen molar-refractivity contribution in [3.05, 3.63) is 117 Å². The molecule has 0 bridgehead atoms. The van der Waals surface area contributed by atoms with Crippen LogP contribution in [0.3, 0.4) is 0 Å². The number of nitrogens with one attached hydrogen (secondary N) is 3. The van der Waals surface area contributed by atoms with E-state index in [-0.39, 0.29) is 60.0 Å². The number of hydrogen-bond donors (Lipinski definition) is 4. The highest BCUT2D eigenvalue weighted by molar-refractivity contribution is 7.88. The summed E-state index contributed by atoms with van der Waals surface area (Å²) < 4.78 is 75.6. The molecule has 2 aliphatic carbocycles. The highest BCUT2D eigenvalue weighted by Gasteiger charge is 2.34. The molecule has 23 heteroatoms. The van der Waals surface area contributed by atoms with E-state index in [2.05, 4.69) is 19.3 Å². The molecule has 452 valence electrons. The Balaban J connectivity index is 0.000000208. The monoisotopic (exact) mass is 1200 g/mol. The quantitative estimate of drug-likeness (QED) is 0.0634. The molecule has 4 amide bonds. The first-order chi connectivity index (χ1) is 40.5. The summed E-state index contributed by atoms with van der Waals surface area (Å²) in [5.74, 6) is -1.32. The molecule has 2 saturated carbocycles. The van der Waals surface area contributed by atoms with E-state index >= 15 is 0 Å². The molecule has 2 fully saturated rings. The molecule has 0 atom stereocenters. The van der Waals surface area contributed by atoms with Crippen molar-refractivity contribution in [1.29, 1.82) is 0 Å². The Morgan fingerprint density at radius 3 is 1.44 bits per heavy atom. The average Bonchev–Trinajstić information content (AvgIpc) is 2.23. The summed E-state index contributed by atoms with van der Waals surface area (Å²) in [4.78, 5) is 66.4. The summed E-state index contributed by atoms with van der Waals surface area (Å²) in [5.41, 5.74) is 10.0. The number of benzene rings is 4. The minimum Gasteiger partial charge on any atom is -0.497 e. The van der Waals surface area contributed by atoms with Gasteiger partial charge in [0.15, 0.2) is 0 Å². The van der Waals surface area contributed by atoms with Gasteiger partial charge in [-0.15, -0.1) is 0 Å². The van der Waals surface area contributed by atoms with Gasteiger partial charge in [-0.25, -0.2) is 14.2 Å². The van der Waals surface area contributed by atoms with Gasteiger partial charge in [-0.1, -0.05) is 50.7 Å². The molecule has 2 aromatic heterocycles. The van der Waals surface area contributed by atoms with E-state index in [1.165, 1.54) is 45.9 Å². The number of carboxylic acid groups (broad SMARTS) is 1. The Bertz CT molecular complexity index is 3910. The van der Waals surface area contributed by atoms with Gasteiger partial charge in [-0.3, -0.25) is 19.2 Å². The minimum absolute atomic E-state index is 0.103. The molecule has 0 unspecified atom stereocenters. The highest BCUT2D eigenvalue weighted by atomic mass is 32.2. The fourth-order valence-electron chi connectivity index (χ4n) is 12.0. The summed E-state index contributed by atoms with van der Waals surface area (Å²) in [5, 5.41) is 14.7. The molecule has 4 aliphatic rings. The summed E-state index contributed by atoms with van der Waals surface area (Å²) in [6, 6.07) is 21.9. The van der Waals surface area contributed by atoms with E-state index in [4.69, 9.17) is 14.2 Å². The third kappa shape index (κ3) is 13.1. The molecule has 6 aromatic rings. The molecule has 0 saturated heterocycles. The summed E-state index contributed by atoms with van der Waals surface area (Å²) in [6.07, 6.45) is 14.4. The van der Waals surface area contributed by atoms with Crippen molar-refractivity contribution in [3.63, 3.8) is 0 Å². The Hall–Kier alpha value is -7.83. The van der Waals surface area contributed by atoms with Crippen LogP contribution in [0, 0.1) is 0 Å². The van der Waals surface area contributed by atoms with Crippen LogP contribution in [-0.2, 0) is 52.6 Å². The van der Waals surface area contributed by atoms with Crippen molar-refractivity contribution < 1.29 is 60.1 Å². The Kier molecular flexibility index (Phi) is 18.7. The Morgan fingerprint density at radius 1 is 0.588 bits per heavy atom. The van der Waals surface area contributed by atoms with Crippen molar-refractivity contribution in [2.24, 2.45) is 0 Å². The van der Waals surface area contributed by atoms with Crippen molar-refractivity contribution in [1.82, 2.24) is 37.4 Å². The zero-order valence-corrected chi connectivity index (χ0v) is 50.9. The number of carboxylic acids is 1. The van der Waals surface area contributed by atoms with Gasteiger partial charge in [0.2, 0.25) is 5.91 Å². The zero-order valence-electron chi connectivity index (χ0n) is 49.2. The van der Waals surface area contributed by atoms with Gasteiger partial charge in [-0.2, -0.15) is 25.4 Å². The van der Waals surface area contributed by atoms with E-state index < -0.39 is 38.2 Å². The van der Waals surface area contributed by atoms with Gasteiger partial charge >= 0.3 is 26.4 Å². The average molecular weight is 1200 g/mol. The highest BCUT2D eigenvalue weighted by Crippen LogP contribution is 2.49. The second-order valence-corrected chi connectivity index (χ2v) is 26.1. The number of carbonyl (C=O) groups is 5. The second-order valence-electron chi connectivity index (χ2n) is 22.3. The number of amides is 4. The number of nitrogens with zero attached hydrogens (tertiary/aromatic N) is 5. The Labute approximate surface area is 495 Å². The standard InChI is InChI=1S/C34H43N5O7S.C28H31N3O6S/c1-37(2)47(43,44)36-33(41)23-11-13-28-29(19-23)39-20-25(34(42)38(3)21-30(40)35-15-16-45-4)17-24-18-26(46-5)12-14-27(24)32(39)31(28)22-9-7-6-8-10-22;1-30(2)38(35,36)29-27(32)18-9-11-23-24(15-18)31-16-20(28(33)34)13-19-14-21(37-3)10-12-22(19)26(31)25(23)17-7-5-4-6-8-17/h11-14,17-19,22H,6-10,15-16,20-21H2,1-5H3,(H,35,40)(H,36,41);9-15,17H,4-8,16H2,1-3H3,(H,29,32)(H,33,34). The molecule has 85 heavy (non-hydrogen) atoms. The number of methoxy groups -OCH3 is 3. The van der Waals surface area contributed by atoms with Gasteiger partial charge in [0.1, 0.15) is 11.5 Å². The lowest BCUT2D eigenvalue weighted by atomic mass is 9.81. The van der Waals surface area contributed by atoms with E-state index in [1.807, 2.05) is 59.2 Å². The molecular formula is C62H74N8O13S2. The zero-order chi connectivity index (χ0) is 61.1. The maximum absolute atomic E-state index is 14.0. The lowest BCUT2D eigenvalue weighted by Crippen LogP contribution is -2.40. The number of fused-ring (bicyclic) bond motifs is 10. The maximum atomic E-state index is 14.0. The van der Waals surface area contributed by atoms with Crippen LogP contribution in [0.4, 0.5) is 0 Å². The van der Waals surface area contributed by atoms with Crippen molar-refractivity contribution in [3.8, 4) is 34.0 Å². The van der Waals surface area contributed by atoms with Crippen LogP contribution in [-0.4, -0.2) is 150 Å². The van der Waals surface area contributed by atoms with E-state index in [1.54, 1.807) is 58.7 Å². The molecular weight excluding hydrogens is 1130 g/mol. The van der Waals surface area contributed by atoms with Crippen LogP contribution in [0.5, 0.6) is 11.5 Å². The summed E-state index contributed by atoms with van der Waals surface area (Å²) in [6.45, 7) is 0.835. The molecule has 4 heterocycles. The second kappa shape index (κ2) is 25.8. The van der Waals surface area contributed by atoms with Crippen LogP contribution in [0.2, 0.25) is 0 Å². The molecule has 4 aromatic carbocycles. The molecule has 21 nitrogen and oxygen atoms in total. The van der Waals surface area contributed by atoms with Gasteiger partial charge in [-0.05, 0) is 133 Å². The lowest BCUT2D eigenvalue weighted by Gasteiger charge is -2.24. The largest absolute Gasteiger partial charge is 0.497 e.